The third-order valence-corrected chi connectivity index (χ3v) is 4.91. The van der Waals surface area contributed by atoms with Crippen LogP contribution >= 0.6 is 0 Å². The van der Waals surface area contributed by atoms with Crippen molar-refractivity contribution in [1.29, 1.82) is 0 Å². The van der Waals surface area contributed by atoms with Gasteiger partial charge in [-0.05, 0) is 60.9 Å². The summed E-state index contributed by atoms with van der Waals surface area (Å²) in [6.45, 7) is 1.32. The standard InChI is InChI=1S/C22H22F3N3O2/c23-22(24,25)17-6-1-4-15(12-17)9-10-20(29)27-18-7-2-5-16(13-18)14-28-11-3-8-19(28)21(26)30/h1-2,4-7,9-10,12-13,19H,3,8,11,14H2,(H2,26,30)(H,27,29)/b10-9+. The minimum absolute atomic E-state index is 0.278. The van der Waals surface area contributed by atoms with Crippen LogP contribution in [0.5, 0.6) is 0 Å². The average molecular weight is 417 g/mol. The highest BCUT2D eigenvalue weighted by Gasteiger charge is 2.30. The highest BCUT2D eigenvalue weighted by molar-refractivity contribution is 6.01. The zero-order valence-electron chi connectivity index (χ0n) is 16.2. The van der Waals surface area contributed by atoms with Crippen molar-refractivity contribution in [2.75, 3.05) is 11.9 Å². The Kier molecular flexibility index (Phi) is 6.56. The maximum Gasteiger partial charge on any atom is 0.416 e. The van der Waals surface area contributed by atoms with Gasteiger partial charge in [-0.3, -0.25) is 14.5 Å². The van der Waals surface area contributed by atoms with Crippen molar-refractivity contribution in [3.05, 3.63) is 71.3 Å². The second kappa shape index (κ2) is 9.13. The number of anilines is 1. The molecule has 1 atom stereocenters. The fourth-order valence-corrected chi connectivity index (χ4v) is 3.49. The monoisotopic (exact) mass is 417 g/mol. The molecule has 1 heterocycles. The first-order valence-corrected chi connectivity index (χ1v) is 9.51. The van der Waals surface area contributed by atoms with Crippen LogP contribution in [0.3, 0.4) is 0 Å². The number of benzene rings is 2. The number of alkyl halides is 3. The molecule has 1 aliphatic heterocycles. The maximum atomic E-state index is 12.8. The first-order chi connectivity index (χ1) is 14.2. The summed E-state index contributed by atoms with van der Waals surface area (Å²) in [6, 6.07) is 11.7. The Morgan fingerprint density at radius 3 is 2.67 bits per heavy atom. The Hall–Kier alpha value is -3.13. The molecule has 5 nitrogen and oxygen atoms in total. The van der Waals surface area contributed by atoms with Gasteiger partial charge in [0.2, 0.25) is 11.8 Å². The van der Waals surface area contributed by atoms with Gasteiger partial charge >= 0.3 is 6.18 Å². The van der Waals surface area contributed by atoms with Crippen LogP contribution in [0.1, 0.15) is 29.5 Å². The fraction of sp³-hybridized carbons (Fsp3) is 0.273. The molecule has 2 aromatic rings. The van der Waals surface area contributed by atoms with E-state index in [0.29, 0.717) is 12.2 Å². The summed E-state index contributed by atoms with van der Waals surface area (Å²) >= 11 is 0. The van der Waals surface area contributed by atoms with Crippen molar-refractivity contribution in [1.82, 2.24) is 4.90 Å². The lowest BCUT2D eigenvalue weighted by atomic mass is 10.1. The molecule has 1 fully saturated rings. The van der Waals surface area contributed by atoms with Crippen molar-refractivity contribution < 1.29 is 22.8 Å². The molecule has 3 rings (SSSR count). The number of primary amides is 1. The highest BCUT2D eigenvalue weighted by Crippen LogP contribution is 2.29. The number of carbonyl (C=O) groups is 2. The average Bonchev–Trinajstić information content (AvgIpc) is 3.15. The molecule has 8 heteroatoms. The van der Waals surface area contributed by atoms with E-state index in [1.165, 1.54) is 24.3 Å². The van der Waals surface area contributed by atoms with Crippen LogP contribution in [-0.4, -0.2) is 29.3 Å². The van der Waals surface area contributed by atoms with E-state index in [-0.39, 0.29) is 17.5 Å². The van der Waals surface area contributed by atoms with E-state index in [2.05, 4.69) is 5.32 Å². The number of rotatable bonds is 6. The summed E-state index contributed by atoms with van der Waals surface area (Å²) in [5, 5.41) is 2.70. The molecular formula is C22H22F3N3O2. The maximum absolute atomic E-state index is 12.8. The SMILES string of the molecule is NC(=O)C1CCCN1Cc1cccc(NC(=O)/C=C/c2cccc(C(F)(F)F)c2)c1. The van der Waals surface area contributed by atoms with E-state index in [0.717, 1.165) is 37.1 Å². The normalized spacial score (nSPS) is 17.4. The number of nitrogens with zero attached hydrogens (tertiary/aromatic N) is 1. The highest BCUT2D eigenvalue weighted by atomic mass is 19.4. The van der Waals surface area contributed by atoms with Crippen LogP contribution in [0.25, 0.3) is 6.08 Å². The van der Waals surface area contributed by atoms with Gasteiger partial charge in [0, 0.05) is 18.3 Å². The second-order valence-corrected chi connectivity index (χ2v) is 7.18. The first kappa shape index (κ1) is 21.6. The van der Waals surface area contributed by atoms with Crippen LogP contribution in [-0.2, 0) is 22.3 Å². The summed E-state index contributed by atoms with van der Waals surface area (Å²) in [5.74, 6) is -0.794. The van der Waals surface area contributed by atoms with Gasteiger partial charge in [-0.2, -0.15) is 13.2 Å². The number of halogens is 3. The molecule has 0 saturated carbocycles. The van der Waals surface area contributed by atoms with E-state index < -0.39 is 17.6 Å². The van der Waals surface area contributed by atoms with Crippen LogP contribution < -0.4 is 11.1 Å². The molecule has 3 N–H and O–H groups in total. The van der Waals surface area contributed by atoms with Gasteiger partial charge in [-0.25, -0.2) is 0 Å². The van der Waals surface area contributed by atoms with Gasteiger partial charge in [0.15, 0.2) is 0 Å². The molecule has 0 bridgehead atoms. The third-order valence-electron chi connectivity index (χ3n) is 4.91. The number of hydrogen-bond acceptors (Lipinski definition) is 3. The minimum atomic E-state index is -4.44. The van der Waals surface area contributed by atoms with Gasteiger partial charge in [0.1, 0.15) is 0 Å². The van der Waals surface area contributed by atoms with Gasteiger partial charge in [-0.15, -0.1) is 0 Å². The number of amides is 2. The summed E-state index contributed by atoms with van der Waals surface area (Å²) in [7, 11) is 0. The molecule has 30 heavy (non-hydrogen) atoms. The van der Waals surface area contributed by atoms with Crippen LogP contribution in [0.4, 0.5) is 18.9 Å². The molecule has 1 aliphatic rings. The topological polar surface area (TPSA) is 75.4 Å². The number of nitrogens with two attached hydrogens (primary N) is 1. The fourth-order valence-electron chi connectivity index (χ4n) is 3.49. The third kappa shape index (κ3) is 5.70. The number of nitrogens with one attached hydrogen (secondary N) is 1. The van der Waals surface area contributed by atoms with E-state index in [1.807, 2.05) is 11.0 Å². The number of carbonyl (C=O) groups excluding carboxylic acids is 2. The molecule has 2 amide bonds. The van der Waals surface area contributed by atoms with Crippen molar-refractivity contribution in [3.63, 3.8) is 0 Å². The molecule has 0 spiro atoms. The summed E-state index contributed by atoms with van der Waals surface area (Å²) < 4.78 is 38.3. The summed E-state index contributed by atoms with van der Waals surface area (Å²) in [5.41, 5.74) is 6.43. The summed E-state index contributed by atoms with van der Waals surface area (Å²) in [6.07, 6.45) is -0.270. The van der Waals surface area contributed by atoms with Crippen molar-refractivity contribution >= 4 is 23.6 Å². The quantitative estimate of drug-likeness (QED) is 0.702. The van der Waals surface area contributed by atoms with E-state index in [1.54, 1.807) is 18.2 Å². The lowest BCUT2D eigenvalue weighted by Crippen LogP contribution is -2.39. The van der Waals surface area contributed by atoms with Crippen LogP contribution in [0.2, 0.25) is 0 Å². The predicted octanol–water partition coefficient (Wildman–Crippen LogP) is 3.81. The van der Waals surface area contributed by atoms with Crippen LogP contribution in [0.15, 0.2) is 54.6 Å². The molecular weight excluding hydrogens is 395 g/mol. The molecule has 158 valence electrons. The Labute approximate surface area is 172 Å². The van der Waals surface area contributed by atoms with Gasteiger partial charge in [0.25, 0.3) is 0 Å². The van der Waals surface area contributed by atoms with Gasteiger partial charge in [0.05, 0.1) is 11.6 Å². The largest absolute Gasteiger partial charge is 0.416 e. The lowest BCUT2D eigenvalue weighted by molar-refractivity contribution is -0.137. The van der Waals surface area contributed by atoms with Crippen molar-refractivity contribution in [2.45, 2.75) is 31.6 Å². The summed E-state index contributed by atoms with van der Waals surface area (Å²) in [4.78, 5) is 25.7. The smallest absolute Gasteiger partial charge is 0.368 e. The van der Waals surface area contributed by atoms with E-state index in [4.69, 9.17) is 5.73 Å². The number of hydrogen-bond donors (Lipinski definition) is 2. The molecule has 0 radical (unpaired) electrons. The van der Waals surface area contributed by atoms with Gasteiger partial charge < -0.3 is 11.1 Å². The van der Waals surface area contributed by atoms with E-state index >= 15 is 0 Å². The predicted molar refractivity (Wildman–Crippen MR) is 108 cm³/mol. The van der Waals surface area contributed by atoms with E-state index in [9.17, 15) is 22.8 Å². The lowest BCUT2D eigenvalue weighted by Gasteiger charge is -2.22. The zero-order chi connectivity index (χ0) is 21.7. The van der Waals surface area contributed by atoms with Crippen molar-refractivity contribution in [3.8, 4) is 0 Å². The molecule has 0 aliphatic carbocycles. The first-order valence-electron chi connectivity index (χ1n) is 9.51. The second-order valence-electron chi connectivity index (χ2n) is 7.18. The zero-order valence-corrected chi connectivity index (χ0v) is 16.2. The molecule has 1 saturated heterocycles. The molecule has 2 aromatic carbocycles. The Bertz CT molecular complexity index is 957. The van der Waals surface area contributed by atoms with Crippen molar-refractivity contribution in [2.24, 2.45) is 5.73 Å². The van der Waals surface area contributed by atoms with Gasteiger partial charge in [-0.1, -0.05) is 24.3 Å². The molecule has 0 aromatic heterocycles. The van der Waals surface area contributed by atoms with Crippen LogP contribution in [0, 0.1) is 0 Å². The Morgan fingerprint density at radius 1 is 1.17 bits per heavy atom. The Balaban J connectivity index is 1.63. The Morgan fingerprint density at radius 2 is 1.93 bits per heavy atom. The number of likely N-dealkylation sites (tertiary alicyclic amines) is 1. The minimum Gasteiger partial charge on any atom is -0.368 e. The molecule has 1 unspecified atom stereocenters.